The molecule has 2 aromatic carbocycles. The molecular formula is C21H18N2O. The van der Waals surface area contributed by atoms with E-state index in [9.17, 15) is 4.79 Å². The number of carbonyl (C=O) groups is 1. The van der Waals surface area contributed by atoms with E-state index < -0.39 is 0 Å². The van der Waals surface area contributed by atoms with Gasteiger partial charge in [-0.05, 0) is 35.7 Å². The molecule has 3 aromatic rings. The van der Waals surface area contributed by atoms with Crippen LogP contribution in [0.5, 0.6) is 0 Å². The van der Waals surface area contributed by atoms with E-state index in [4.69, 9.17) is 0 Å². The summed E-state index contributed by atoms with van der Waals surface area (Å²) in [7, 11) is 0. The fraction of sp³-hybridized carbons (Fsp3) is 0.0476. The van der Waals surface area contributed by atoms with Crippen LogP contribution in [0.3, 0.4) is 0 Å². The SMILES string of the molecule is Cc1ccnc(N/C=C\C(=O)c2ccc(-c3ccccc3)cc2)c1. The van der Waals surface area contributed by atoms with E-state index in [-0.39, 0.29) is 5.78 Å². The first kappa shape index (κ1) is 15.7. The van der Waals surface area contributed by atoms with Gasteiger partial charge in [0.25, 0.3) is 0 Å². The molecule has 0 aliphatic carbocycles. The number of benzene rings is 2. The zero-order chi connectivity index (χ0) is 16.8. The number of pyridine rings is 1. The Bertz CT molecular complexity index is 853. The third-order valence-corrected chi connectivity index (χ3v) is 3.66. The van der Waals surface area contributed by atoms with Crippen molar-refractivity contribution in [1.29, 1.82) is 0 Å². The van der Waals surface area contributed by atoms with Crippen LogP contribution >= 0.6 is 0 Å². The summed E-state index contributed by atoms with van der Waals surface area (Å²) in [5, 5.41) is 3.01. The smallest absolute Gasteiger partial charge is 0.187 e. The molecule has 118 valence electrons. The highest BCUT2D eigenvalue weighted by Gasteiger charge is 2.03. The van der Waals surface area contributed by atoms with Gasteiger partial charge in [-0.2, -0.15) is 0 Å². The van der Waals surface area contributed by atoms with Crippen LogP contribution in [-0.2, 0) is 0 Å². The van der Waals surface area contributed by atoms with E-state index in [1.165, 1.54) is 6.08 Å². The summed E-state index contributed by atoms with van der Waals surface area (Å²) < 4.78 is 0. The first-order chi connectivity index (χ1) is 11.7. The topological polar surface area (TPSA) is 42.0 Å². The van der Waals surface area contributed by atoms with Gasteiger partial charge < -0.3 is 5.32 Å². The second kappa shape index (κ2) is 7.38. The maximum atomic E-state index is 12.2. The molecule has 0 spiro atoms. The standard InChI is InChI=1S/C21H18N2O/c1-16-11-13-22-21(15-16)23-14-12-20(24)19-9-7-18(8-10-19)17-5-3-2-4-6-17/h2-15H,1H3,(H,22,23)/b14-12-. The first-order valence-corrected chi connectivity index (χ1v) is 7.78. The molecule has 0 aliphatic heterocycles. The lowest BCUT2D eigenvalue weighted by Gasteiger charge is -2.03. The Morgan fingerprint density at radius 3 is 2.38 bits per heavy atom. The summed E-state index contributed by atoms with van der Waals surface area (Å²) in [5.74, 6) is 0.674. The lowest BCUT2D eigenvalue weighted by Crippen LogP contribution is -1.97. The highest BCUT2D eigenvalue weighted by molar-refractivity contribution is 6.04. The van der Waals surface area contributed by atoms with Crippen molar-refractivity contribution in [2.45, 2.75) is 6.92 Å². The summed E-state index contributed by atoms with van der Waals surface area (Å²) in [6, 6.07) is 21.6. The fourth-order valence-corrected chi connectivity index (χ4v) is 2.37. The molecule has 0 amide bonds. The van der Waals surface area contributed by atoms with Crippen LogP contribution in [-0.4, -0.2) is 10.8 Å². The molecule has 0 saturated carbocycles. The molecule has 0 fully saturated rings. The summed E-state index contributed by atoms with van der Waals surface area (Å²) in [4.78, 5) is 16.4. The molecule has 0 unspecified atom stereocenters. The highest BCUT2D eigenvalue weighted by Crippen LogP contribution is 2.19. The van der Waals surface area contributed by atoms with Crippen molar-refractivity contribution < 1.29 is 4.79 Å². The lowest BCUT2D eigenvalue weighted by atomic mass is 10.0. The molecule has 24 heavy (non-hydrogen) atoms. The number of anilines is 1. The van der Waals surface area contributed by atoms with Crippen LogP contribution in [0.25, 0.3) is 11.1 Å². The molecule has 1 heterocycles. The average Bonchev–Trinajstić information content (AvgIpc) is 2.63. The Labute approximate surface area is 141 Å². The zero-order valence-corrected chi connectivity index (χ0v) is 13.4. The number of nitrogens with one attached hydrogen (secondary N) is 1. The van der Waals surface area contributed by atoms with Crippen LogP contribution in [0.2, 0.25) is 0 Å². The van der Waals surface area contributed by atoms with E-state index in [1.54, 1.807) is 12.4 Å². The Hall–Kier alpha value is -3.20. The number of nitrogens with zero attached hydrogens (tertiary/aromatic N) is 1. The van der Waals surface area contributed by atoms with Gasteiger partial charge in [0.15, 0.2) is 5.78 Å². The Morgan fingerprint density at radius 1 is 0.958 bits per heavy atom. The van der Waals surface area contributed by atoms with Crippen molar-refractivity contribution in [3.05, 3.63) is 96.3 Å². The number of carbonyl (C=O) groups excluding carboxylic acids is 1. The van der Waals surface area contributed by atoms with Crippen molar-refractivity contribution in [3.8, 4) is 11.1 Å². The van der Waals surface area contributed by atoms with E-state index in [2.05, 4.69) is 22.4 Å². The molecule has 0 bridgehead atoms. The Balaban J connectivity index is 1.66. The molecule has 1 aromatic heterocycles. The zero-order valence-electron chi connectivity index (χ0n) is 13.4. The monoisotopic (exact) mass is 314 g/mol. The summed E-state index contributed by atoms with van der Waals surface area (Å²) >= 11 is 0. The van der Waals surface area contributed by atoms with E-state index in [0.29, 0.717) is 5.56 Å². The number of aryl methyl sites for hydroxylation is 1. The van der Waals surface area contributed by atoms with E-state index in [1.807, 2.05) is 61.5 Å². The third kappa shape index (κ3) is 3.96. The number of allylic oxidation sites excluding steroid dienone is 1. The van der Waals surface area contributed by atoms with Crippen LogP contribution in [0.1, 0.15) is 15.9 Å². The third-order valence-electron chi connectivity index (χ3n) is 3.66. The predicted molar refractivity (Wildman–Crippen MR) is 97.9 cm³/mol. The Morgan fingerprint density at radius 2 is 1.67 bits per heavy atom. The maximum absolute atomic E-state index is 12.2. The van der Waals surface area contributed by atoms with Gasteiger partial charge in [-0.15, -0.1) is 0 Å². The van der Waals surface area contributed by atoms with Gasteiger partial charge in [-0.3, -0.25) is 4.79 Å². The van der Waals surface area contributed by atoms with Crippen molar-refractivity contribution in [3.63, 3.8) is 0 Å². The van der Waals surface area contributed by atoms with Crippen LogP contribution in [0.4, 0.5) is 5.82 Å². The molecule has 3 heteroatoms. The van der Waals surface area contributed by atoms with E-state index >= 15 is 0 Å². The molecule has 0 saturated heterocycles. The maximum Gasteiger partial charge on any atom is 0.187 e. The normalized spacial score (nSPS) is 10.7. The number of rotatable bonds is 5. The van der Waals surface area contributed by atoms with Crippen molar-refractivity contribution >= 4 is 11.6 Å². The van der Waals surface area contributed by atoms with Gasteiger partial charge in [0, 0.05) is 24.0 Å². The molecule has 0 aliphatic rings. The quantitative estimate of drug-likeness (QED) is 0.540. The second-order valence-corrected chi connectivity index (χ2v) is 5.50. The van der Waals surface area contributed by atoms with Crippen molar-refractivity contribution in [2.24, 2.45) is 0 Å². The second-order valence-electron chi connectivity index (χ2n) is 5.50. The van der Waals surface area contributed by atoms with Gasteiger partial charge in [0.1, 0.15) is 5.82 Å². The molecule has 0 atom stereocenters. The fourth-order valence-electron chi connectivity index (χ4n) is 2.37. The number of aromatic nitrogens is 1. The summed E-state index contributed by atoms with van der Waals surface area (Å²) in [6.45, 7) is 2.00. The molecule has 0 radical (unpaired) electrons. The van der Waals surface area contributed by atoms with Crippen LogP contribution in [0, 0.1) is 6.92 Å². The minimum Gasteiger partial charge on any atom is -0.347 e. The van der Waals surface area contributed by atoms with Gasteiger partial charge >= 0.3 is 0 Å². The molecule has 3 nitrogen and oxygen atoms in total. The van der Waals surface area contributed by atoms with Crippen molar-refractivity contribution in [1.82, 2.24) is 4.98 Å². The summed E-state index contributed by atoms with van der Waals surface area (Å²) in [6.07, 6.45) is 4.87. The van der Waals surface area contributed by atoms with E-state index in [0.717, 1.165) is 22.5 Å². The van der Waals surface area contributed by atoms with Crippen LogP contribution in [0.15, 0.2) is 85.2 Å². The largest absolute Gasteiger partial charge is 0.347 e. The van der Waals surface area contributed by atoms with Gasteiger partial charge in [0.05, 0.1) is 0 Å². The predicted octanol–water partition coefficient (Wildman–Crippen LogP) is 4.87. The van der Waals surface area contributed by atoms with Gasteiger partial charge in [-0.1, -0.05) is 54.6 Å². The highest BCUT2D eigenvalue weighted by atomic mass is 16.1. The molecular weight excluding hydrogens is 296 g/mol. The molecule has 3 rings (SSSR count). The Kier molecular flexibility index (Phi) is 4.82. The first-order valence-electron chi connectivity index (χ1n) is 7.78. The lowest BCUT2D eigenvalue weighted by molar-refractivity contribution is 0.104. The molecule has 1 N–H and O–H groups in total. The van der Waals surface area contributed by atoms with Gasteiger partial charge in [-0.25, -0.2) is 4.98 Å². The van der Waals surface area contributed by atoms with Crippen molar-refractivity contribution in [2.75, 3.05) is 5.32 Å². The average molecular weight is 314 g/mol. The van der Waals surface area contributed by atoms with Crippen LogP contribution < -0.4 is 5.32 Å². The number of ketones is 1. The number of hydrogen-bond acceptors (Lipinski definition) is 3. The summed E-state index contributed by atoms with van der Waals surface area (Å²) in [5.41, 5.74) is 4.01. The minimum atomic E-state index is -0.0465. The number of hydrogen-bond donors (Lipinski definition) is 1. The van der Waals surface area contributed by atoms with Gasteiger partial charge in [0.2, 0.25) is 0 Å². The minimum absolute atomic E-state index is 0.0465.